The van der Waals surface area contributed by atoms with Gasteiger partial charge in [-0.1, -0.05) is 0 Å². The molecule has 0 N–H and O–H groups in total. The van der Waals surface area contributed by atoms with Crippen molar-refractivity contribution in [1.29, 1.82) is 0 Å². The number of carbonyl (C=O) groups is 1. The Hall–Kier alpha value is -2.18. The summed E-state index contributed by atoms with van der Waals surface area (Å²) in [4.78, 5) is 14.9. The van der Waals surface area contributed by atoms with Crippen LogP contribution in [0.4, 0.5) is 0 Å². The van der Waals surface area contributed by atoms with Crippen molar-refractivity contribution in [3.63, 3.8) is 0 Å². The molecule has 0 unspecified atom stereocenters. The lowest BCUT2D eigenvalue weighted by atomic mass is 10.4. The number of aryl methyl sites for hydroxylation is 1. The highest BCUT2D eigenvalue weighted by molar-refractivity contribution is 5.84. The maximum Gasteiger partial charge on any atom is 0.377 e. The highest BCUT2D eigenvalue weighted by atomic mass is 16.5. The predicted molar refractivity (Wildman–Crippen MR) is 53.7 cm³/mol. The topological polar surface area (TPSA) is 74.8 Å². The van der Waals surface area contributed by atoms with Crippen molar-refractivity contribution in [2.24, 2.45) is 7.05 Å². The zero-order chi connectivity index (χ0) is 11.5. The normalized spacial score (nSPS) is 10.4. The number of carbonyl (C=O) groups excluding carboxylic acids is 1. The number of ether oxygens (including phenoxy) is 1. The van der Waals surface area contributed by atoms with Gasteiger partial charge < -0.3 is 4.74 Å². The van der Waals surface area contributed by atoms with E-state index in [1.807, 2.05) is 19.3 Å². The number of aromatic nitrogens is 5. The third-order valence-electron chi connectivity index (χ3n) is 2.00. The summed E-state index contributed by atoms with van der Waals surface area (Å²) in [6, 6.07) is 1.87. The molecule has 0 fully saturated rings. The van der Waals surface area contributed by atoms with Crippen LogP contribution in [-0.4, -0.2) is 37.6 Å². The number of hydrogen-bond donors (Lipinski definition) is 0. The summed E-state index contributed by atoms with van der Waals surface area (Å²) in [6.45, 7) is 0.477. The van der Waals surface area contributed by atoms with Crippen LogP contribution in [0.15, 0.2) is 18.6 Å². The molecule has 0 amide bonds. The summed E-state index contributed by atoms with van der Waals surface area (Å²) in [5, 5.41) is 8.16. The van der Waals surface area contributed by atoms with Crippen molar-refractivity contribution in [3.8, 4) is 0 Å². The zero-order valence-corrected chi connectivity index (χ0v) is 8.99. The number of hydrogen-bond acceptors (Lipinski definition) is 5. The van der Waals surface area contributed by atoms with E-state index in [2.05, 4.69) is 19.9 Å². The van der Waals surface area contributed by atoms with Crippen molar-refractivity contribution < 1.29 is 9.53 Å². The smallest absolute Gasteiger partial charge is 0.377 e. The molecule has 0 saturated carbocycles. The van der Waals surface area contributed by atoms with Crippen LogP contribution in [-0.2, 0) is 18.3 Å². The van der Waals surface area contributed by atoms with Gasteiger partial charge in [-0.2, -0.15) is 5.10 Å². The fourth-order valence-electron chi connectivity index (χ4n) is 1.27. The van der Waals surface area contributed by atoms with E-state index in [4.69, 9.17) is 0 Å². The molecule has 0 aliphatic heterocycles. The molecule has 0 aromatic carbocycles. The Balaban J connectivity index is 2.11. The van der Waals surface area contributed by atoms with E-state index in [9.17, 15) is 4.79 Å². The van der Waals surface area contributed by atoms with Gasteiger partial charge in [-0.25, -0.2) is 14.5 Å². The van der Waals surface area contributed by atoms with E-state index in [0.29, 0.717) is 6.54 Å². The molecule has 7 nitrogen and oxygen atoms in total. The minimum absolute atomic E-state index is 0.0541. The maximum absolute atomic E-state index is 11.1. The molecule has 0 atom stereocenters. The molecule has 0 radical (unpaired) electrons. The van der Waals surface area contributed by atoms with Gasteiger partial charge in [0.25, 0.3) is 5.82 Å². The van der Waals surface area contributed by atoms with E-state index in [-0.39, 0.29) is 5.82 Å². The molecule has 7 heteroatoms. The Morgan fingerprint density at radius 2 is 2.31 bits per heavy atom. The Bertz CT molecular complexity index is 501. The van der Waals surface area contributed by atoms with E-state index in [1.165, 1.54) is 18.1 Å². The van der Waals surface area contributed by atoms with Crippen LogP contribution in [0.2, 0.25) is 0 Å². The van der Waals surface area contributed by atoms with Gasteiger partial charge >= 0.3 is 5.97 Å². The highest BCUT2D eigenvalue weighted by Gasteiger charge is 2.11. The summed E-state index contributed by atoms with van der Waals surface area (Å²) < 4.78 is 7.75. The molecule has 0 aliphatic rings. The first-order chi connectivity index (χ1) is 7.69. The van der Waals surface area contributed by atoms with Gasteiger partial charge in [0.15, 0.2) is 0 Å². The van der Waals surface area contributed by atoms with Crippen molar-refractivity contribution in [2.45, 2.75) is 6.54 Å². The van der Waals surface area contributed by atoms with Crippen molar-refractivity contribution in [3.05, 3.63) is 30.1 Å². The van der Waals surface area contributed by atoms with Gasteiger partial charge in [0, 0.05) is 13.2 Å². The SMILES string of the molecule is COC(=O)c1ncn(Cc2ccn(C)n2)n1. The van der Waals surface area contributed by atoms with Gasteiger partial charge in [-0.15, -0.1) is 5.10 Å². The van der Waals surface area contributed by atoms with Gasteiger partial charge in [-0.05, 0) is 6.07 Å². The van der Waals surface area contributed by atoms with Crippen molar-refractivity contribution in [2.75, 3.05) is 7.11 Å². The maximum atomic E-state index is 11.1. The van der Waals surface area contributed by atoms with Crippen LogP contribution >= 0.6 is 0 Å². The molecule has 0 aliphatic carbocycles. The van der Waals surface area contributed by atoms with Crippen LogP contribution in [0.1, 0.15) is 16.3 Å². The second-order valence-corrected chi connectivity index (χ2v) is 3.24. The molecule has 2 aromatic heterocycles. The van der Waals surface area contributed by atoms with E-state index in [1.54, 1.807) is 4.68 Å². The largest absolute Gasteiger partial charge is 0.463 e. The zero-order valence-electron chi connectivity index (χ0n) is 8.99. The average Bonchev–Trinajstić information content (AvgIpc) is 2.87. The summed E-state index contributed by atoms with van der Waals surface area (Å²) >= 11 is 0. The first-order valence-electron chi connectivity index (χ1n) is 4.65. The number of nitrogens with zero attached hydrogens (tertiary/aromatic N) is 5. The molecular weight excluding hydrogens is 210 g/mol. The summed E-state index contributed by atoms with van der Waals surface area (Å²) in [5.41, 5.74) is 0.851. The molecule has 2 rings (SSSR count). The standard InChI is InChI=1S/C9H11N5O2/c1-13-4-3-7(11-13)5-14-6-10-8(12-14)9(15)16-2/h3-4,6H,5H2,1-2H3. The number of methoxy groups -OCH3 is 1. The van der Waals surface area contributed by atoms with Crippen molar-refractivity contribution in [1.82, 2.24) is 24.5 Å². The molecule has 0 saturated heterocycles. The Morgan fingerprint density at radius 1 is 1.50 bits per heavy atom. The first kappa shape index (κ1) is 10.3. The lowest BCUT2D eigenvalue weighted by Gasteiger charge is -1.95. The Labute approximate surface area is 91.7 Å². The minimum Gasteiger partial charge on any atom is -0.463 e. The van der Waals surface area contributed by atoms with Crippen LogP contribution in [0.5, 0.6) is 0 Å². The quantitative estimate of drug-likeness (QED) is 0.673. The molecular formula is C9H11N5O2. The molecule has 2 heterocycles. The van der Waals surface area contributed by atoms with E-state index < -0.39 is 5.97 Å². The molecule has 16 heavy (non-hydrogen) atoms. The third kappa shape index (κ3) is 2.08. The molecule has 84 valence electrons. The van der Waals surface area contributed by atoms with Gasteiger partial charge in [0.1, 0.15) is 6.33 Å². The van der Waals surface area contributed by atoms with Crippen LogP contribution < -0.4 is 0 Å². The second kappa shape index (κ2) is 4.13. The summed E-state index contributed by atoms with van der Waals surface area (Å²) in [6.07, 6.45) is 3.31. The first-order valence-corrected chi connectivity index (χ1v) is 4.65. The highest BCUT2D eigenvalue weighted by Crippen LogP contribution is 1.99. The monoisotopic (exact) mass is 221 g/mol. The fourth-order valence-corrected chi connectivity index (χ4v) is 1.27. The summed E-state index contributed by atoms with van der Waals surface area (Å²) in [5.74, 6) is -0.488. The Morgan fingerprint density at radius 3 is 2.94 bits per heavy atom. The summed E-state index contributed by atoms with van der Waals surface area (Å²) in [7, 11) is 3.13. The lowest BCUT2D eigenvalue weighted by Crippen LogP contribution is -2.07. The van der Waals surface area contributed by atoms with Gasteiger partial charge in [-0.3, -0.25) is 4.68 Å². The predicted octanol–water partition coefficient (Wildman–Crippen LogP) is -0.153. The van der Waals surface area contributed by atoms with Crippen LogP contribution in [0.25, 0.3) is 0 Å². The Kier molecular flexibility index (Phi) is 2.67. The second-order valence-electron chi connectivity index (χ2n) is 3.24. The lowest BCUT2D eigenvalue weighted by molar-refractivity contribution is 0.0586. The van der Waals surface area contributed by atoms with Gasteiger partial charge in [0.2, 0.25) is 0 Å². The van der Waals surface area contributed by atoms with Crippen molar-refractivity contribution >= 4 is 5.97 Å². The van der Waals surface area contributed by atoms with E-state index in [0.717, 1.165) is 5.69 Å². The molecule has 0 spiro atoms. The van der Waals surface area contributed by atoms with E-state index >= 15 is 0 Å². The minimum atomic E-state index is -0.542. The average molecular weight is 221 g/mol. The fraction of sp³-hybridized carbons (Fsp3) is 0.333. The number of rotatable bonds is 3. The third-order valence-corrected chi connectivity index (χ3v) is 2.00. The molecule has 2 aromatic rings. The number of esters is 1. The van der Waals surface area contributed by atoms with Crippen LogP contribution in [0.3, 0.4) is 0 Å². The van der Waals surface area contributed by atoms with Crippen LogP contribution in [0, 0.1) is 0 Å². The molecule has 0 bridgehead atoms. The van der Waals surface area contributed by atoms with Gasteiger partial charge in [0.05, 0.1) is 19.3 Å².